The Morgan fingerprint density at radius 1 is 0.967 bits per heavy atom. The molecule has 4 rings (SSSR count). The van der Waals surface area contributed by atoms with Crippen molar-refractivity contribution < 1.29 is 18.3 Å². The number of carbonyl (C=O) groups is 1. The van der Waals surface area contributed by atoms with Gasteiger partial charge in [-0.05, 0) is 55.0 Å². The average Bonchev–Trinajstić information content (AvgIpc) is 2.72. The first-order valence-electron chi connectivity index (χ1n) is 9.89. The highest BCUT2D eigenvalue weighted by Gasteiger charge is 2.25. The minimum atomic E-state index is -4.00. The number of carboxylic acids is 1. The highest BCUT2D eigenvalue weighted by atomic mass is 32.2. The zero-order valence-electron chi connectivity index (χ0n) is 17.0. The normalized spacial score (nSPS) is 13.7. The minimum absolute atomic E-state index is 0.0602. The second-order valence-corrected chi connectivity index (χ2v) is 9.42. The molecule has 3 aromatic rings. The lowest BCUT2D eigenvalue weighted by atomic mass is 9.87. The predicted molar refractivity (Wildman–Crippen MR) is 119 cm³/mol. The quantitative estimate of drug-likeness (QED) is 0.638. The van der Waals surface area contributed by atoms with Crippen molar-refractivity contribution in [3.63, 3.8) is 0 Å². The van der Waals surface area contributed by atoms with Gasteiger partial charge in [0.2, 0.25) is 0 Å². The van der Waals surface area contributed by atoms with Gasteiger partial charge in [-0.2, -0.15) is 0 Å². The van der Waals surface area contributed by atoms with E-state index in [1.807, 2.05) is 43.3 Å². The van der Waals surface area contributed by atoms with Gasteiger partial charge in [-0.3, -0.25) is 4.72 Å². The summed E-state index contributed by atoms with van der Waals surface area (Å²) in [5.74, 6) is -1.11. The van der Waals surface area contributed by atoms with Gasteiger partial charge in [-0.25, -0.2) is 13.2 Å². The van der Waals surface area contributed by atoms with Crippen LogP contribution < -0.4 is 9.62 Å². The predicted octanol–water partition coefficient (Wildman–Crippen LogP) is 4.28. The Hall–Kier alpha value is -3.06. The number of anilines is 2. The minimum Gasteiger partial charge on any atom is -0.478 e. The fourth-order valence-electron chi connectivity index (χ4n) is 4.25. The number of sulfonamides is 1. The van der Waals surface area contributed by atoms with E-state index in [9.17, 15) is 18.3 Å². The zero-order chi connectivity index (χ0) is 21.5. The van der Waals surface area contributed by atoms with Gasteiger partial charge in [0.25, 0.3) is 10.0 Å². The first-order valence-corrected chi connectivity index (χ1v) is 11.4. The van der Waals surface area contributed by atoms with Crippen LogP contribution in [-0.2, 0) is 22.9 Å². The maximum atomic E-state index is 13.3. The van der Waals surface area contributed by atoms with Crippen LogP contribution in [0.5, 0.6) is 0 Å². The summed E-state index contributed by atoms with van der Waals surface area (Å²) in [5, 5.41) is 11.2. The third kappa shape index (κ3) is 3.50. The molecule has 0 saturated carbocycles. The molecule has 30 heavy (non-hydrogen) atoms. The molecule has 3 aromatic carbocycles. The fourth-order valence-corrected chi connectivity index (χ4v) is 5.54. The number of nitrogens with one attached hydrogen (secondary N) is 1. The molecule has 0 radical (unpaired) electrons. The van der Waals surface area contributed by atoms with E-state index < -0.39 is 16.0 Å². The maximum absolute atomic E-state index is 13.3. The summed E-state index contributed by atoms with van der Waals surface area (Å²) in [5.41, 5.74) is 2.81. The number of nitrogens with zero attached hydrogens (tertiary/aromatic N) is 1. The van der Waals surface area contributed by atoms with E-state index in [1.165, 1.54) is 0 Å². The van der Waals surface area contributed by atoms with Crippen LogP contribution in [0.25, 0.3) is 10.8 Å². The Kier molecular flexibility index (Phi) is 5.15. The van der Waals surface area contributed by atoms with Crippen LogP contribution >= 0.6 is 0 Å². The summed E-state index contributed by atoms with van der Waals surface area (Å²) < 4.78 is 29.2. The highest BCUT2D eigenvalue weighted by Crippen LogP contribution is 2.34. The van der Waals surface area contributed by atoms with E-state index in [-0.39, 0.29) is 16.1 Å². The molecule has 2 N–H and O–H groups in total. The molecule has 156 valence electrons. The molecule has 0 bridgehead atoms. The standard InChI is InChI=1S/C23H24N2O4S/c1-25(2)20-11-5-10-18-17(20)9-6-12-21(18)30(28,29)24-19-14-13-15-7-3-4-8-16(15)22(19)23(26)27/h5-6,9-14,24H,3-4,7-8H2,1-2H3,(H,26,27). The molecular weight excluding hydrogens is 400 g/mol. The van der Waals surface area contributed by atoms with E-state index in [4.69, 9.17) is 0 Å². The van der Waals surface area contributed by atoms with Crippen molar-refractivity contribution >= 4 is 38.1 Å². The molecule has 0 atom stereocenters. The first kappa shape index (κ1) is 20.2. The van der Waals surface area contributed by atoms with Gasteiger partial charge in [0.1, 0.15) is 0 Å². The lowest BCUT2D eigenvalue weighted by molar-refractivity contribution is 0.0696. The lowest BCUT2D eigenvalue weighted by Gasteiger charge is -2.21. The molecule has 6 nitrogen and oxygen atoms in total. The van der Waals surface area contributed by atoms with Crippen molar-refractivity contribution in [2.45, 2.75) is 30.6 Å². The zero-order valence-corrected chi connectivity index (χ0v) is 17.8. The Bertz CT molecular complexity index is 1250. The average molecular weight is 425 g/mol. The van der Waals surface area contributed by atoms with Gasteiger partial charge < -0.3 is 10.0 Å². The third-order valence-corrected chi connectivity index (χ3v) is 7.05. The Morgan fingerprint density at radius 2 is 1.67 bits per heavy atom. The van der Waals surface area contributed by atoms with Crippen molar-refractivity contribution in [2.24, 2.45) is 0 Å². The molecule has 7 heteroatoms. The molecule has 0 spiro atoms. The van der Waals surface area contributed by atoms with E-state index in [2.05, 4.69) is 4.72 Å². The van der Waals surface area contributed by atoms with Crippen molar-refractivity contribution in [1.82, 2.24) is 0 Å². The molecule has 1 aliphatic carbocycles. The van der Waals surface area contributed by atoms with Gasteiger partial charge in [0, 0.05) is 30.6 Å². The molecule has 0 fully saturated rings. The van der Waals surface area contributed by atoms with Crippen LogP contribution in [0.1, 0.15) is 34.3 Å². The second-order valence-electron chi connectivity index (χ2n) is 7.77. The monoisotopic (exact) mass is 424 g/mol. The van der Waals surface area contributed by atoms with Crippen LogP contribution in [0, 0.1) is 0 Å². The summed E-state index contributed by atoms with van der Waals surface area (Å²) in [7, 11) is -0.190. The van der Waals surface area contributed by atoms with Gasteiger partial charge >= 0.3 is 5.97 Å². The Morgan fingerprint density at radius 3 is 2.40 bits per heavy atom. The number of fused-ring (bicyclic) bond motifs is 2. The second kappa shape index (κ2) is 7.65. The Balaban J connectivity index is 1.84. The number of carboxylic acid groups (broad SMARTS) is 1. The van der Waals surface area contributed by atoms with Gasteiger partial charge in [0.05, 0.1) is 16.1 Å². The number of aromatic carboxylic acids is 1. The summed E-state index contributed by atoms with van der Waals surface area (Å²) >= 11 is 0. The largest absolute Gasteiger partial charge is 0.478 e. The number of hydrogen-bond donors (Lipinski definition) is 2. The van der Waals surface area contributed by atoms with E-state index >= 15 is 0 Å². The molecule has 0 amide bonds. The molecule has 0 unspecified atom stereocenters. The molecule has 0 aliphatic heterocycles. The summed E-state index contributed by atoms with van der Waals surface area (Å²) in [6.45, 7) is 0. The van der Waals surface area contributed by atoms with Crippen LogP contribution in [0.4, 0.5) is 11.4 Å². The van der Waals surface area contributed by atoms with E-state index in [0.717, 1.165) is 41.5 Å². The summed E-state index contributed by atoms with van der Waals surface area (Å²) in [6.07, 6.45) is 3.38. The van der Waals surface area contributed by atoms with Crippen molar-refractivity contribution in [1.29, 1.82) is 0 Å². The number of aryl methyl sites for hydroxylation is 1. The molecule has 0 saturated heterocycles. The number of rotatable bonds is 5. The summed E-state index contributed by atoms with van der Waals surface area (Å²) in [4.78, 5) is 14.1. The number of hydrogen-bond acceptors (Lipinski definition) is 4. The molecule has 1 aliphatic rings. The Labute approximate surface area is 176 Å². The fraction of sp³-hybridized carbons (Fsp3) is 0.261. The first-order chi connectivity index (χ1) is 14.3. The van der Waals surface area contributed by atoms with Gasteiger partial charge in [-0.15, -0.1) is 0 Å². The SMILES string of the molecule is CN(C)c1cccc2c(S(=O)(=O)Nc3ccc4c(c3C(=O)O)CCCC4)cccc12. The van der Waals surface area contributed by atoms with Gasteiger partial charge in [-0.1, -0.05) is 30.3 Å². The van der Waals surface area contributed by atoms with Gasteiger partial charge in [0.15, 0.2) is 0 Å². The lowest BCUT2D eigenvalue weighted by Crippen LogP contribution is -2.19. The smallest absolute Gasteiger partial charge is 0.338 e. The molecule has 0 aromatic heterocycles. The molecule has 0 heterocycles. The number of benzene rings is 3. The van der Waals surface area contributed by atoms with Crippen molar-refractivity contribution in [2.75, 3.05) is 23.7 Å². The van der Waals surface area contributed by atoms with Crippen LogP contribution in [0.3, 0.4) is 0 Å². The van der Waals surface area contributed by atoms with Crippen LogP contribution in [0.15, 0.2) is 53.4 Å². The third-order valence-electron chi connectivity index (χ3n) is 5.62. The van der Waals surface area contributed by atoms with E-state index in [1.54, 1.807) is 24.3 Å². The highest BCUT2D eigenvalue weighted by molar-refractivity contribution is 7.93. The topological polar surface area (TPSA) is 86.7 Å². The summed E-state index contributed by atoms with van der Waals surface area (Å²) in [6, 6.07) is 14.1. The van der Waals surface area contributed by atoms with Crippen LogP contribution in [0.2, 0.25) is 0 Å². The van der Waals surface area contributed by atoms with Crippen molar-refractivity contribution in [3.8, 4) is 0 Å². The molecular formula is C23H24N2O4S. The van der Waals surface area contributed by atoms with E-state index in [0.29, 0.717) is 11.8 Å². The van der Waals surface area contributed by atoms with Crippen molar-refractivity contribution in [3.05, 3.63) is 65.2 Å². The maximum Gasteiger partial charge on any atom is 0.338 e. The van der Waals surface area contributed by atoms with Crippen LogP contribution in [-0.4, -0.2) is 33.6 Å².